The number of thioether (sulfide) groups is 1. The smallest absolute Gasteiger partial charge is 0.230 e. The van der Waals surface area contributed by atoms with Crippen molar-refractivity contribution in [3.8, 4) is 11.4 Å². The number of carbonyl (C=O) groups is 1. The van der Waals surface area contributed by atoms with Crippen LogP contribution in [0, 0.1) is 5.92 Å². The molecular formula is C19H27N5O2S. The van der Waals surface area contributed by atoms with E-state index in [-0.39, 0.29) is 5.91 Å². The fourth-order valence-electron chi connectivity index (χ4n) is 3.40. The first-order valence-electron chi connectivity index (χ1n) is 9.43. The first-order chi connectivity index (χ1) is 13.2. The third-order valence-electron chi connectivity index (χ3n) is 4.96. The van der Waals surface area contributed by atoms with Crippen molar-refractivity contribution in [1.82, 2.24) is 25.1 Å². The van der Waals surface area contributed by atoms with Crippen LogP contribution < -0.4 is 5.32 Å². The maximum atomic E-state index is 12.4. The molecule has 1 fully saturated rings. The van der Waals surface area contributed by atoms with Gasteiger partial charge in [-0.1, -0.05) is 31.5 Å². The second kappa shape index (κ2) is 9.85. The highest BCUT2D eigenvalue weighted by atomic mass is 32.2. The number of nitrogens with zero attached hydrogens (tertiary/aromatic N) is 4. The van der Waals surface area contributed by atoms with Gasteiger partial charge in [-0.2, -0.15) is 0 Å². The number of aromatic nitrogens is 4. The number of hydrogen-bond acceptors (Lipinski definition) is 6. The number of hydrogen-bond donors (Lipinski definition) is 1. The van der Waals surface area contributed by atoms with Crippen molar-refractivity contribution in [3.63, 3.8) is 0 Å². The zero-order valence-electron chi connectivity index (χ0n) is 15.9. The second-order valence-corrected chi connectivity index (χ2v) is 7.85. The maximum Gasteiger partial charge on any atom is 0.230 e. The number of methoxy groups -OCH3 is 1. The summed E-state index contributed by atoms with van der Waals surface area (Å²) in [5.41, 5.74) is 0.945. The van der Waals surface area contributed by atoms with Crippen LogP contribution in [0.1, 0.15) is 32.6 Å². The van der Waals surface area contributed by atoms with Gasteiger partial charge in [0.05, 0.1) is 18.9 Å². The minimum atomic E-state index is 0.0607. The summed E-state index contributed by atoms with van der Waals surface area (Å²) in [4.78, 5) is 16.5. The van der Waals surface area contributed by atoms with Gasteiger partial charge in [0, 0.05) is 31.1 Å². The maximum absolute atomic E-state index is 12.4. The van der Waals surface area contributed by atoms with E-state index in [9.17, 15) is 4.79 Å². The van der Waals surface area contributed by atoms with E-state index in [0.29, 0.717) is 30.9 Å². The van der Waals surface area contributed by atoms with Crippen molar-refractivity contribution in [2.45, 2.75) is 50.4 Å². The van der Waals surface area contributed by atoms with Gasteiger partial charge in [0.1, 0.15) is 0 Å². The molecule has 0 aromatic carbocycles. The van der Waals surface area contributed by atoms with Gasteiger partial charge in [0.15, 0.2) is 11.0 Å². The zero-order chi connectivity index (χ0) is 19.1. The van der Waals surface area contributed by atoms with Gasteiger partial charge in [-0.15, -0.1) is 10.2 Å². The molecule has 0 unspecified atom stereocenters. The second-order valence-electron chi connectivity index (χ2n) is 6.91. The normalized spacial score (nSPS) is 19.8. The largest absolute Gasteiger partial charge is 0.383 e. The van der Waals surface area contributed by atoms with Crippen molar-refractivity contribution in [2.24, 2.45) is 5.92 Å². The number of rotatable bonds is 8. The summed E-state index contributed by atoms with van der Waals surface area (Å²) >= 11 is 1.42. The quantitative estimate of drug-likeness (QED) is 0.699. The molecule has 0 aliphatic heterocycles. The van der Waals surface area contributed by atoms with Gasteiger partial charge in [0.2, 0.25) is 5.91 Å². The number of nitrogens with one attached hydrogen (secondary N) is 1. The van der Waals surface area contributed by atoms with Crippen LogP contribution in [0.4, 0.5) is 0 Å². The third-order valence-corrected chi connectivity index (χ3v) is 5.93. The summed E-state index contributed by atoms with van der Waals surface area (Å²) in [6, 6.07) is 4.10. The van der Waals surface area contributed by atoms with E-state index in [4.69, 9.17) is 4.74 Å². The van der Waals surface area contributed by atoms with Crippen LogP contribution >= 0.6 is 11.8 Å². The van der Waals surface area contributed by atoms with Crippen LogP contribution in [-0.4, -0.2) is 51.2 Å². The molecule has 0 radical (unpaired) electrons. The lowest BCUT2D eigenvalue weighted by molar-refractivity contribution is -0.119. The predicted octanol–water partition coefficient (Wildman–Crippen LogP) is 2.77. The highest BCUT2D eigenvalue weighted by molar-refractivity contribution is 7.99. The van der Waals surface area contributed by atoms with E-state index in [0.717, 1.165) is 23.0 Å². The first-order valence-corrected chi connectivity index (χ1v) is 10.4. The Bertz CT molecular complexity index is 737. The fourth-order valence-corrected chi connectivity index (χ4v) is 4.18. The van der Waals surface area contributed by atoms with Crippen LogP contribution in [0.2, 0.25) is 0 Å². The first kappa shape index (κ1) is 19.8. The summed E-state index contributed by atoms with van der Waals surface area (Å²) in [5.74, 6) is 1.71. The predicted molar refractivity (Wildman–Crippen MR) is 105 cm³/mol. The van der Waals surface area contributed by atoms with Gasteiger partial charge in [-0.05, 0) is 30.9 Å². The summed E-state index contributed by atoms with van der Waals surface area (Å²) in [7, 11) is 1.67. The molecule has 27 heavy (non-hydrogen) atoms. The monoisotopic (exact) mass is 389 g/mol. The van der Waals surface area contributed by atoms with Crippen LogP contribution in [0.5, 0.6) is 0 Å². The number of carbonyl (C=O) groups excluding carboxylic acids is 1. The number of amides is 1. The molecule has 0 saturated heterocycles. The Morgan fingerprint density at radius 1 is 1.30 bits per heavy atom. The lowest BCUT2D eigenvalue weighted by Crippen LogP contribution is -2.41. The summed E-state index contributed by atoms with van der Waals surface area (Å²) in [6.07, 6.45) is 8.20. The zero-order valence-corrected chi connectivity index (χ0v) is 16.7. The standard InChI is InChI=1S/C19H27N5O2S/c1-14-5-3-4-6-16(14)21-17(25)13-27-19-23-22-18(24(19)11-12-26-2)15-7-9-20-10-8-15/h7-10,14,16H,3-6,11-13H2,1-2H3,(H,21,25)/t14-,16-/m1/s1. The van der Waals surface area contributed by atoms with Crippen molar-refractivity contribution >= 4 is 17.7 Å². The molecule has 1 aliphatic rings. The minimum Gasteiger partial charge on any atom is -0.383 e. The molecule has 1 aliphatic carbocycles. The molecule has 2 atom stereocenters. The van der Waals surface area contributed by atoms with Crippen molar-refractivity contribution < 1.29 is 9.53 Å². The van der Waals surface area contributed by atoms with E-state index in [1.165, 1.54) is 31.0 Å². The van der Waals surface area contributed by atoms with Gasteiger partial charge >= 0.3 is 0 Å². The Morgan fingerprint density at radius 3 is 2.81 bits per heavy atom. The van der Waals surface area contributed by atoms with Crippen LogP contribution in [-0.2, 0) is 16.1 Å². The average Bonchev–Trinajstić information content (AvgIpc) is 3.10. The molecule has 2 aromatic heterocycles. The van der Waals surface area contributed by atoms with Crippen molar-refractivity contribution in [2.75, 3.05) is 19.5 Å². The molecule has 2 heterocycles. The summed E-state index contributed by atoms with van der Waals surface area (Å²) in [6.45, 7) is 3.40. The van der Waals surface area contributed by atoms with E-state index in [2.05, 4.69) is 27.4 Å². The Morgan fingerprint density at radius 2 is 2.07 bits per heavy atom. The Kier molecular flexibility index (Phi) is 7.23. The topological polar surface area (TPSA) is 81.9 Å². The Hall–Kier alpha value is -1.93. The third kappa shape index (κ3) is 5.29. The summed E-state index contributed by atoms with van der Waals surface area (Å²) < 4.78 is 7.22. The molecule has 0 bridgehead atoms. The SMILES string of the molecule is COCCn1c(SCC(=O)N[C@@H]2CCCC[C@H]2C)nnc1-c1ccncc1. The molecule has 3 rings (SSSR count). The summed E-state index contributed by atoms with van der Waals surface area (Å²) in [5, 5.41) is 12.5. The van der Waals surface area contributed by atoms with Crippen LogP contribution in [0.25, 0.3) is 11.4 Å². The van der Waals surface area contributed by atoms with E-state index in [1.54, 1.807) is 19.5 Å². The molecule has 146 valence electrons. The fraction of sp³-hybridized carbons (Fsp3) is 0.579. The van der Waals surface area contributed by atoms with Gasteiger partial charge in [-0.25, -0.2) is 0 Å². The molecule has 8 heteroatoms. The minimum absolute atomic E-state index is 0.0607. The highest BCUT2D eigenvalue weighted by Gasteiger charge is 2.23. The van der Waals surface area contributed by atoms with Crippen LogP contribution in [0.15, 0.2) is 29.7 Å². The molecule has 2 aromatic rings. The van der Waals surface area contributed by atoms with Gasteiger partial charge in [0.25, 0.3) is 0 Å². The van der Waals surface area contributed by atoms with E-state index < -0.39 is 0 Å². The molecule has 1 saturated carbocycles. The number of ether oxygens (including phenoxy) is 1. The average molecular weight is 390 g/mol. The van der Waals surface area contributed by atoms with Gasteiger partial charge in [-0.3, -0.25) is 14.3 Å². The van der Waals surface area contributed by atoms with E-state index >= 15 is 0 Å². The van der Waals surface area contributed by atoms with Crippen LogP contribution in [0.3, 0.4) is 0 Å². The molecule has 7 nitrogen and oxygen atoms in total. The Balaban J connectivity index is 1.65. The molecular weight excluding hydrogens is 362 g/mol. The lowest BCUT2D eigenvalue weighted by Gasteiger charge is -2.29. The van der Waals surface area contributed by atoms with Gasteiger partial charge < -0.3 is 10.1 Å². The molecule has 1 amide bonds. The molecule has 1 N–H and O–H groups in total. The van der Waals surface area contributed by atoms with Crippen molar-refractivity contribution in [1.29, 1.82) is 0 Å². The highest BCUT2D eigenvalue weighted by Crippen LogP contribution is 2.25. The number of pyridine rings is 1. The van der Waals surface area contributed by atoms with E-state index in [1.807, 2.05) is 16.7 Å². The Labute approximate surface area is 164 Å². The van der Waals surface area contributed by atoms with Crippen molar-refractivity contribution in [3.05, 3.63) is 24.5 Å². The lowest BCUT2D eigenvalue weighted by atomic mass is 9.86. The molecule has 0 spiro atoms.